The zero-order chi connectivity index (χ0) is 15.6. The van der Waals surface area contributed by atoms with Crippen molar-refractivity contribution in [1.29, 1.82) is 0 Å². The molecule has 118 valence electrons. The summed E-state index contributed by atoms with van der Waals surface area (Å²) < 4.78 is 21.7. The molecule has 0 spiro atoms. The highest BCUT2D eigenvalue weighted by atomic mass is 16.7. The molecule has 6 nitrogen and oxygen atoms in total. The highest BCUT2D eigenvalue weighted by Gasteiger charge is 2.13. The van der Waals surface area contributed by atoms with Gasteiger partial charge in [0.05, 0.1) is 5.54 Å². The van der Waals surface area contributed by atoms with E-state index in [1.54, 1.807) is 34.6 Å². The van der Waals surface area contributed by atoms with Crippen LogP contribution in [0.1, 0.15) is 27.2 Å². The van der Waals surface area contributed by atoms with Crippen molar-refractivity contribution in [3.05, 3.63) is 18.5 Å². The van der Waals surface area contributed by atoms with Crippen LogP contribution in [0.15, 0.2) is 18.5 Å². The van der Waals surface area contributed by atoms with E-state index >= 15 is 0 Å². The summed E-state index contributed by atoms with van der Waals surface area (Å²) in [5.41, 5.74) is 0.128. The van der Waals surface area contributed by atoms with Gasteiger partial charge in [-0.25, -0.2) is 0 Å². The summed E-state index contributed by atoms with van der Waals surface area (Å²) in [6.07, 6.45) is 3.81. The van der Waals surface area contributed by atoms with Gasteiger partial charge in [0.15, 0.2) is 12.6 Å². The summed E-state index contributed by atoms with van der Waals surface area (Å²) in [5, 5.41) is 4.10. The second-order valence-electron chi connectivity index (χ2n) is 5.16. The van der Waals surface area contributed by atoms with Crippen molar-refractivity contribution in [2.75, 3.05) is 28.4 Å². The summed E-state index contributed by atoms with van der Waals surface area (Å²) in [6, 6.07) is 1.94. The highest BCUT2D eigenvalue weighted by molar-refractivity contribution is 4.83. The van der Waals surface area contributed by atoms with Crippen molar-refractivity contribution in [2.45, 2.75) is 45.3 Å². The predicted octanol–water partition coefficient (Wildman–Crippen LogP) is 2.25. The normalized spacial score (nSPS) is 11.7. The first-order valence-corrected chi connectivity index (χ1v) is 6.50. The van der Waals surface area contributed by atoms with Gasteiger partial charge in [0, 0.05) is 47.3 Å². The monoisotopic (exact) mass is 288 g/mol. The minimum Gasteiger partial charge on any atom is -0.356 e. The van der Waals surface area contributed by atoms with Gasteiger partial charge in [-0.2, -0.15) is 5.10 Å². The van der Waals surface area contributed by atoms with E-state index in [1.165, 1.54) is 0 Å². The molecule has 0 aromatic carbocycles. The molecule has 0 amide bonds. The van der Waals surface area contributed by atoms with Gasteiger partial charge in [-0.15, -0.1) is 0 Å². The van der Waals surface area contributed by atoms with Gasteiger partial charge < -0.3 is 18.9 Å². The van der Waals surface area contributed by atoms with Crippen LogP contribution in [0.5, 0.6) is 0 Å². The molecule has 0 aliphatic rings. The van der Waals surface area contributed by atoms with Gasteiger partial charge in [-0.1, -0.05) is 0 Å². The minimum atomic E-state index is -0.264. The summed E-state index contributed by atoms with van der Waals surface area (Å²) >= 11 is 0. The molecule has 1 heterocycles. The van der Waals surface area contributed by atoms with Crippen molar-refractivity contribution in [3.63, 3.8) is 0 Å². The van der Waals surface area contributed by atoms with E-state index < -0.39 is 0 Å². The smallest absolute Gasteiger partial charge is 0.161 e. The fourth-order valence-electron chi connectivity index (χ4n) is 1.40. The van der Waals surface area contributed by atoms with Crippen LogP contribution in [0.4, 0.5) is 0 Å². The molecule has 0 radical (unpaired) electrons. The number of nitrogens with zero attached hydrogens (tertiary/aromatic N) is 2. The van der Waals surface area contributed by atoms with Crippen LogP contribution in [0.2, 0.25) is 0 Å². The topological polar surface area (TPSA) is 54.7 Å². The molecule has 0 atom stereocenters. The molecule has 1 aromatic rings. The standard InChI is InChI=1S/C7H12N2.C7H16O4/c1-7(2,3)9-6-4-5-8-9;1-8-6(9-2)5-7(10-3)11-4/h4-6H,1-3H3;6-7H,5H2,1-4H3. The molecule has 0 N–H and O–H groups in total. The maximum absolute atomic E-state index is 4.95. The summed E-state index contributed by atoms with van der Waals surface area (Å²) in [6.45, 7) is 6.38. The van der Waals surface area contributed by atoms with E-state index in [1.807, 2.05) is 16.9 Å². The lowest BCUT2D eigenvalue weighted by Gasteiger charge is -2.18. The van der Waals surface area contributed by atoms with E-state index in [9.17, 15) is 0 Å². The molecular formula is C14H28N2O4. The molecule has 0 saturated heterocycles. The van der Waals surface area contributed by atoms with Crippen molar-refractivity contribution in [1.82, 2.24) is 9.78 Å². The zero-order valence-corrected chi connectivity index (χ0v) is 13.6. The number of hydrogen-bond donors (Lipinski definition) is 0. The van der Waals surface area contributed by atoms with Crippen LogP contribution < -0.4 is 0 Å². The summed E-state index contributed by atoms with van der Waals surface area (Å²) in [5.74, 6) is 0. The minimum absolute atomic E-state index is 0.128. The Balaban J connectivity index is 0.000000367. The maximum atomic E-state index is 4.95. The SMILES string of the molecule is CC(C)(C)n1cccn1.COC(CC(OC)OC)OC. The van der Waals surface area contributed by atoms with Crippen molar-refractivity contribution >= 4 is 0 Å². The third-order valence-corrected chi connectivity index (χ3v) is 2.63. The highest BCUT2D eigenvalue weighted by Crippen LogP contribution is 2.10. The summed E-state index contributed by atoms with van der Waals surface area (Å²) in [7, 11) is 6.32. The van der Waals surface area contributed by atoms with Crippen LogP contribution >= 0.6 is 0 Å². The van der Waals surface area contributed by atoms with Crippen LogP contribution in [-0.4, -0.2) is 50.8 Å². The Morgan fingerprint density at radius 1 is 0.950 bits per heavy atom. The molecule has 1 rings (SSSR count). The van der Waals surface area contributed by atoms with Crippen molar-refractivity contribution < 1.29 is 18.9 Å². The number of ether oxygens (including phenoxy) is 4. The van der Waals surface area contributed by atoms with Crippen LogP contribution in [0.3, 0.4) is 0 Å². The predicted molar refractivity (Wildman–Crippen MR) is 77.5 cm³/mol. The first-order chi connectivity index (χ1) is 9.38. The lowest BCUT2D eigenvalue weighted by Crippen LogP contribution is -2.24. The third kappa shape index (κ3) is 7.59. The van der Waals surface area contributed by atoms with E-state index in [0.717, 1.165) is 0 Å². The van der Waals surface area contributed by atoms with Crippen LogP contribution in [0, 0.1) is 0 Å². The fraction of sp³-hybridized carbons (Fsp3) is 0.786. The van der Waals surface area contributed by atoms with Crippen LogP contribution in [0.25, 0.3) is 0 Å². The molecule has 0 bridgehead atoms. The maximum Gasteiger partial charge on any atom is 0.161 e. The molecule has 0 saturated carbocycles. The van der Waals surface area contributed by atoms with Crippen LogP contribution in [-0.2, 0) is 24.5 Å². The molecule has 20 heavy (non-hydrogen) atoms. The Morgan fingerprint density at radius 2 is 1.40 bits per heavy atom. The summed E-state index contributed by atoms with van der Waals surface area (Å²) in [4.78, 5) is 0. The second-order valence-corrected chi connectivity index (χ2v) is 5.16. The molecule has 0 unspecified atom stereocenters. The van der Waals surface area contributed by atoms with E-state index in [-0.39, 0.29) is 18.1 Å². The van der Waals surface area contributed by atoms with Gasteiger partial charge in [0.2, 0.25) is 0 Å². The quantitative estimate of drug-likeness (QED) is 0.752. The number of hydrogen-bond acceptors (Lipinski definition) is 5. The Labute approximate surface area is 122 Å². The molecule has 6 heteroatoms. The zero-order valence-electron chi connectivity index (χ0n) is 13.6. The Bertz CT molecular complexity index is 304. The van der Waals surface area contributed by atoms with Gasteiger partial charge in [0.1, 0.15) is 0 Å². The number of aromatic nitrogens is 2. The molecule has 0 aliphatic carbocycles. The first-order valence-electron chi connectivity index (χ1n) is 6.50. The van der Waals surface area contributed by atoms with E-state index in [0.29, 0.717) is 6.42 Å². The third-order valence-electron chi connectivity index (χ3n) is 2.63. The Kier molecular flexibility index (Phi) is 9.41. The van der Waals surface area contributed by atoms with Gasteiger partial charge >= 0.3 is 0 Å². The molecule has 0 aliphatic heterocycles. The lowest BCUT2D eigenvalue weighted by molar-refractivity contribution is -0.178. The molecule has 1 aromatic heterocycles. The largest absolute Gasteiger partial charge is 0.356 e. The van der Waals surface area contributed by atoms with E-state index in [4.69, 9.17) is 18.9 Å². The fourth-order valence-corrected chi connectivity index (χ4v) is 1.40. The van der Waals surface area contributed by atoms with Crippen molar-refractivity contribution in [3.8, 4) is 0 Å². The van der Waals surface area contributed by atoms with Crippen molar-refractivity contribution in [2.24, 2.45) is 0 Å². The lowest BCUT2D eigenvalue weighted by atomic mass is 10.1. The Hall–Kier alpha value is -0.950. The number of methoxy groups -OCH3 is 4. The molecular weight excluding hydrogens is 260 g/mol. The first kappa shape index (κ1) is 19.1. The van der Waals surface area contributed by atoms with E-state index in [2.05, 4.69) is 25.9 Å². The van der Waals surface area contributed by atoms with Gasteiger partial charge in [-0.05, 0) is 26.8 Å². The van der Waals surface area contributed by atoms with Gasteiger partial charge in [-0.3, -0.25) is 4.68 Å². The average molecular weight is 288 g/mol. The average Bonchev–Trinajstić information content (AvgIpc) is 2.95. The van der Waals surface area contributed by atoms with Gasteiger partial charge in [0.25, 0.3) is 0 Å². The second kappa shape index (κ2) is 9.88. The Morgan fingerprint density at radius 3 is 1.60 bits per heavy atom. The number of rotatable bonds is 6. The molecule has 0 fully saturated rings.